The quantitative estimate of drug-likeness (QED) is 0.725. The predicted molar refractivity (Wildman–Crippen MR) is 102 cm³/mol. The van der Waals surface area contributed by atoms with Crippen LogP contribution in [0.1, 0.15) is 21.6 Å². The number of anilines is 1. The van der Waals surface area contributed by atoms with E-state index < -0.39 is 0 Å². The standard InChI is InChI=1S/C20H22N2O4/c1-11-12(2)21-16-7-6-13(8-15(11)16)20(23)22-14-9-17(24-3)19(26-5)18(10-14)25-4/h6-10,21H,1-5H3,(H,22,23). The molecule has 0 fully saturated rings. The third-order valence-electron chi connectivity index (χ3n) is 4.49. The second-order valence-corrected chi connectivity index (χ2v) is 6.00. The first kappa shape index (κ1) is 17.7. The molecule has 1 aromatic heterocycles. The van der Waals surface area contributed by atoms with E-state index in [9.17, 15) is 4.79 Å². The topological polar surface area (TPSA) is 72.6 Å². The van der Waals surface area contributed by atoms with E-state index in [4.69, 9.17) is 14.2 Å². The third kappa shape index (κ3) is 3.06. The van der Waals surface area contributed by atoms with E-state index in [1.54, 1.807) is 18.2 Å². The van der Waals surface area contributed by atoms with Crippen LogP contribution in [-0.2, 0) is 0 Å². The monoisotopic (exact) mass is 354 g/mol. The van der Waals surface area contributed by atoms with Crippen LogP contribution in [0.4, 0.5) is 5.69 Å². The predicted octanol–water partition coefficient (Wildman–Crippen LogP) is 4.06. The highest BCUT2D eigenvalue weighted by Gasteiger charge is 2.16. The molecule has 3 aromatic rings. The number of nitrogens with one attached hydrogen (secondary N) is 2. The van der Waals surface area contributed by atoms with E-state index in [0.717, 1.165) is 22.2 Å². The number of aryl methyl sites for hydroxylation is 2. The van der Waals surface area contributed by atoms with Gasteiger partial charge in [0.15, 0.2) is 11.5 Å². The van der Waals surface area contributed by atoms with Crippen LogP contribution in [-0.4, -0.2) is 32.2 Å². The molecule has 0 radical (unpaired) electrons. The number of methoxy groups -OCH3 is 3. The lowest BCUT2D eigenvalue weighted by Crippen LogP contribution is -2.12. The van der Waals surface area contributed by atoms with Gasteiger partial charge in [0.2, 0.25) is 5.75 Å². The number of hydrogen-bond donors (Lipinski definition) is 2. The summed E-state index contributed by atoms with van der Waals surface area (Å²) in [7, 11) is 4.61. The summed E-state index contributed by atoms with van der Waals surface area (Å²) < 4.78 is 15.9. The van der Waals surface area contributed by atoms with Crippen LogP contribution < -0.4 is 19.5 Å². The molecule has 1 amide bonds. The van der Waals surface area contributed by atoms with Crippen molar-refractivity contribution in [3.05, 3.63) is 47.2 Å². The molecule has 26 heavy (non-hydrogen) atoms. The van der Waals surface area contributed by atoms with Gasteiger partial charge >= 0.3 is 0 Å². The molecule has 0 aliphatic rings. The van der Waals surface area contributed by atoms with Crippen molar-refractivity contribution in [1.82, 2.24) is 4.98 Å². The van der Waals surface area contributed by atoms with Crippen LogP contribution in [0.15, 0.2) is 30.3 Å². The first-order valence-electron chi connectivity index (χ1n) is 8.18. The number of H-pyrrole nitrogens is 1. The summed E-state index contributed by atoms with van der Waals surface area (Å²) in [6.45, 7) is 4.06. The maximum absolute atomic E-state index is 12.7. The summed E-state index contributed by atoms with van der Waals surface area (Å²) in [5, 5.41) is 3.93. The number of fused-ring (bicyclic) bond motifs is 1. The molecule has 0 bridgehead atoms. The van der Waals surface area contributed by atoms with Gasteiger partial charge in [-0.25, -0.2) is 0 Å². The van der Waals surface area contributed by atoms with Gasteiger partial charge in [-0.05, 0) is 37.6 Å². The largest absolute Gasteiger partial charge is 0.493 e. The Bertz CT molecular complexity index is 950. The average Bonchev–Trinajstić information content (AvgIpc) is 2.94. The molecule has 2 aromatic carbocycles. The van der Waals surface area contributed by atoms with Gasteiger partial charge in [0.25, 0.3) is 5.91 Å². The highest BCUT2D eigenvalue weighted by atomic mass is 16.5. The molecule has 0 saturated carbocycles. The molecular weight excluding hydrogens is 332 g/mol. The lowest BCUT2D eigenvalue weighted by atomic mass is 10.1. The molecule has 0 atom stereocenters. The van der Waals surface area contributed by atoms with Crippen LogP contribution in [0.2, 0.25) is 0 Å². The first-order valence-corrected chi connectivity index (χ1v) is 8.18. The van der Waals surface area contributed by atoms with E-state index in [1.165, 1.54) is 21.3 Å². The van der Waals surface area contributed by atoms with Crippen LogP contribution in [0.25, 0.3) is 10.9 Å². The molecule has 0 aliphatic carbocycles. The summed E-state index contributed by atoms with van der Waals surface area (Å²) in [4.78, 5) is 16.0. The molecule has 1 heterocycles. The molecule has 2 N–H and O–H groups in total. The van der Waals surface area contributed by atoms with Crippen molar-refractivity contribution in [2.24, 2.45) is 0 Å². The van der Waals surface area contributed by atoms with Crippen LogP contribution in [0, 0.1) is 13.8 Å². The molecule has 136 valence electrons. The number of ether oxygens (including phenoxy) is 3. The molecule has 0 spiro atoms. The number of hydrogen-bond acceptors (Lipinski definition) is 4. The van der Waals surface area contributed by atoms with Crippen molar-refractivity contribution >= 4 is 22.5 Å². The minimum absolute atomic E-state index is 0.209. The minimum atomic E-state index is -0.209. The molecule has 6 nitrogen and oxygen atoms in total. The zero-order valence-corrected chi connectivity index (χ0v) is 15.5. The fourth-order valence-corrected chi connectivity index (χ4v) is 2.96. The second-order valence-electron chi connectivity index (χ2n) is 6.00. The SMILES string of the molecule is COc1cc(NC(=O)c2ccc3[nH]c(C)c(C)c3c2)cc(OC)c1OC. The Morgan fingerprint density at radius 3 is 2.19 bits per heavy atom. The number of benzene rings is 2. The van der Waals surface area contributed by atoms with Gasteiger partial charge in [-0.1, -0.05) is 0 Å². The maximum Gasteiger partial charge on any atom is 0.255 e. The van der Waals surface area contributed by atoms with Crippen LogP contribution >= 0.6 is 0 Å². The number of carbonyl (C=O) groups is 1. The Morgan fingerprint density at radius 2 is 1.62 bits per heavy atom. The van der Waals surface area contributed by atoms with Crippen LogP contribution in [0.3, 0.4) is 0 Å². The lowest BCUT2D eigenvalue weighted by Gasteiger charge is -2.14. The normalized spacial score (nSPS) is 10.7. The molecule has 0 aliphatic heterocycles. The van der Waals surface area contributed by atoms with Gasteiger partial charge in [-0.2, -0.15) is 0 Å². The average molecular weight is 354 g/mol. The Morgan fingerprint density at radius 1 is 0.962 bits per heavy atom. The van der Waals surface area contributed by atoms with Gasteiger partial charge < -0.3 is 24.5 Å². The van der Waals surface area contributed by atoms with Gasteiger partial charge in [-0.3, -0.25) is 4.79 Å². The van der Waals surface area contributed by atoms with Crippen LogP contribution in [0.5, 0.6) is 17.2 Å². The van der Waals surface area contributed by atoms with E-state index in [0.29, 0.717) is 28.5 Å². The Balaban J connectivity index is 1.93. The van der Waals surface area contributed by atoms with E-state index in [2.05, 4.69) is 10.3 Å². The highest BCUT2D eigenvalue weighted by Crippen LogP contribution is 2.40. The van der Waals surface area contributed by atoms with Crippen molar-refractivity contribution < 1.29 is 19.0 Å². The Kier molecular flexibility index (Phi) is 4.75. The smallest absolute Gasteiger partial charge is 0.255 e. The van der Waals surface area contributed by atoms with Crippen molar-refractivity contribution in [2.45, 2.75) is 13.8 Å². The van der Waals surface area contributed by atoms with Crippen molar-refractivity contribution in [2.75, 3.05) is 26.6 Å². The van der Waals surface area contributed by atoms with E-state index >= 15 is 0 Å². The fraction of sp³-hybridized carbons (Fsp3) is 0.250. The third-order valence-corrected chi connectivity index (χ3v) is 4.49. The molecule has 0 unspecified atom stereocenters. The van der Waals surface area contributed by atoms with Crippen molar-refractivity contribution in [3.63, 3.8) is 0 Å². The molecule has 6 heteroatoms. The fourth-order valence-electron chi connectivity index (χ4n) is 2.96. The van der Waals surface area contributed by atoms with Gasteiger partial charge in [0, 0.05) is 40.0 Å². The van der Waals surface area contributed by atoms with Crippen molar-refractivity contribution in [3.8, 4) is 17.2 Å². The van der Waals surface area contributed by atoms with Gasteiger partial charge in [-0.15, -0.1) is 0 Å². The zero-order chi connectivity index (χ0) is 18.8. The zero-order valence-electron chi connectivity index (χ0n) is 15.5. The maximum atomic E-state index is 12.7. The van der Waals surface area contributed by atoms with E-state index in [-0.39, 0.29) is 5.91 Å². The number of carbonyl (C=O) groups excluding carboxylic acids is 1. The van der Waals surface area contributed by atoms with Gasteiger partial charge in [0.05, 0.1) is 21.3 Å². The summed E-state index contributed by atoms with van der Waals surface area (Å²) in [5.74, 6) is 1.23. The Hall–Kier alpha value is -3.15. The summed E-state index contributed by atoms with van der Waals surface area (Å²) in [5.41, 5.74) is 4.40. The van der Waals surface area contributed by atoms with Crippen molar-refractivity contribution in [1.29, 1.82) is 0 Å². The minimum Gasteiger partial charge on any atom is -0.493 e. The number of amides is 1. The number of rotatable bonds is 5. The number of aromatic nitrogens is 1. The lowest BCUT2D eigenvalue weighted by molar-refractivity contribution is 0.102. The van der Waals surface area contributed by atoms with E-state index in [1.807, 2.05) is 26.0 Å². The Labute approximate surface area is 152 Å². The molecular formula is C20H22N2O4. The molecule has 0 saturated heterocycles. The molecule has 3 rings (SSSR count). The van der Waals surface area contributed by atoms with Gasteiger partial charge in [0.1, 0.15) is 0 Å². The summed E-state index contributed by atoms with van der Waals surface area (Å²) >= 11 is 0. The summed E-state index contributed by atoms with van der Waals surface area (Å²) in [6.07, 6.45) is 0. The number of aromatic amines is 1. The highest BCUT2D eigenvalue weighted by molar-refractivity contribution is 6.06. The second kappa shape index (κ2) is 7.00. The first-order chi connectivity index (χ1) is 12.5. The summed E-state index contributed by atoms with van der Waals surface area (Å²) in [6, 6.07) is 9.00.